The van der Waals surface area contributed by atoms with Gasteiger partial charge in [0.15, 0.2) is 0 Å². The van der Waals surface area contributed by atoms with Crippen LogP contribution in [0, 0.1) is 0 Å². The van der Waals surface area contributed by atoms with Crippen LogP contribution in [0.15, 0.2) is 24.3 Å². The van der Waals surface area contributed by atoms with Crippen LogP contribution in [-0.2, 0) is 9.59 Å². The summed E-state index contributed by atoms with van der Waals surface area (Å²) in [5.74, 6) is -1.36. The van der Waals surface area contributed by atoms with Crippen LogP contribution in [0.5, 0.6) is 0 Å². The number of anilines is 2. The van der Waals surface area contributed by atoms with Gasteiger partial charge in [-0.05, 0) is 25.0 Å². The Morgan fingerprint density at radius 3 is 2.58 bits per heavy atom. The molecule has 1 N–H and O–H groups in total. The van der Waals surface area contributed by atoms with Gasteiger partial charge in [0, 0.05) is 5.25 Å². The van der Waals surface area contributed by atoms with Crippen LogP contribution in [-0.4, -0.2) is 35.0 Å². The first-order valence-corrected chi connectivity index (χ1v) is 9.80. The summed E-state index contributed by atoms with van der Waals surface area (Å²) < 4.78 is 40.8. The molecule has 4 nitrogen and oxygen atoms in total. The quantitative estimate of drug-likeness (QED) is 0.840. The topological polar surface area (TPSA) is 49.4 Å². The molecule has 0 bridgehead atoms. The molecule has 1 aliphatic heterocycles. The second-order valence-corrected chi connectivity index (χ2v) is 7.95. The zero-order valence-electron chi connectivity index (χ0n) is 14.2. The van der Waals surface area contributed by atoms with E-state index in [9.17, 15) is 22.8 Å². The number of hydrogen-bond donors (Lipinski definition) is 1. The van der Waals surface area contributed by atoms with Gasteiger partial charge in [0.05, 0.1) is 23.5 Å². The maximum Gasteiger partial charge on any atom is 0.409 e. The van der Waals surface area contributed by atoms with Crippen LogP contribution in [0.2, 0.25) is 0 Å². The van der Waals surface area contributed by atoms with E-state index in [1.54, 1.807) is 12.1 Å². The molecule has 3 rings (SSSR count). The lowest BCUT2D eigenvalue weighted by atomic mass is 10.0. The molecule has 1 fully saturated rings. The highest BCUT2D eigenvalue weighted by Gasteiger charge is 2.48. The van der Waals surface area contributed by atoms with E-state index in [0.29, 0.717) is 5.25 Å². The molecule has 1 atom stereocenters. The summed E-state index contributed by atoms with van der Waals surface area (Å²) in [5, 5.41) is 2.79. The van der Waals surface area contributed by atoms with Gasteiger partial charge >= 0.3 is 6.18 Å². The summed E-state index contributed by atoms with van der Waals surface area (Å²) >= 11 is 1.43. The molecule has 2 amide bonds. The Balaban J connectivity index is 1.86. The standard InChI is InChI=1S/C18H21F3N2O2S/c19-18(20,21)15-10-16(24)22-13-8-4-5-9-14(13)23(15)17(25)11-26-12-6-2-1-3-7-12/h4-5,8-9,12,15H,1-3,6-7,10-11H2,(H,22,24)/t15-/m0/s1. The molecule has 2 aliphatic rings. The molecule has 0 radical (unpaired) electrons. The van der Waals surface area contributed by atoms with E-state index in [0.717, 1.165) is 30.6 Å². The van der Waals surface area contributed by atoms with Crippen molar-refractivity contribution >= 4 is 35.0 Å². The first kappa shape index (κ1) is 19.1. The minimum Gasteiger partial charge on any atom is -0.324 e. The maximum absolute atomic E-state index is 13.6. The second kappa shape index (κ2) is 7.90. The van der Waals surface area contributed by atoms with Crippen molar-refractivity contribution in [3.05, 3.63) is 24.3 Å². The lowest BCUT2D eigenvalue weighted by molar-refractivity contribution is -0.157. The number of nitrogens with zero attached hydrogens (tertiary/aromatic N) is 1. The molecule has 1 aliphatic carbocycles. The molecule has 8 heteroatoms. The largest absolute Gasteiger partial charge is 0.409 e. The number of hydrogen-bond acceptors (Lipinski definition) is 3. The van der Waals surface area contributed by atoms with E-state index in [1.807, 2.05) is 0 Å². The van der Waals surface area contributed by atoms with Crippen molar-refractivity contribution in [3.63, 3.8) is 0 Å². The van der Waals surface area contributed by atoms with Crippen molar-refractivity contribution in [2.75, 3.05) is 16.0 Å². The number of rotatable bonds is 3. The van der Waals surface area contributed by atoms with Crippen molar-refractivity contribution in [1.82, 2.24) is 0 Å². The van der Waals surface area contributed by atoms with Crippen LogP contribution < -0.4 is 10.2 Å². The fourth-order valence-electron chi connectivity index (χ4n) is 3.49. The maximum atomic E-state index is 13.6. The average molecular weight is 386 g/mol. The second-order valence-electron chi connectivity index (χ2n) is 6.66. The Morgan fingerprint density at radius 1 is 1.19 bits per heavy atom. The molecule has 0 unspecified atom stereocenters. The Hall–Kier alpha value is -1.70. The summed E-state index contributed by atoms with van der Waals surface area (Å²) in [5.41, 5.74) is 0.343. The first-order chi connectivity index (χ1) is 12.4. The number of amides is 2. The molecular weight excluding hydrogens is 365 g/mol. The Morgan fingerprint density at radius 2 is 1.88 bits per heavy atom. The Kier molecular flexibility index (Phi) is 5.79. The van der Waals surface area contributed by atoms with Gasteiger partial charge < -0.3 is 5.32 Å². The SMILES string of the molecule is O=C1C[C@@H](C(F)(F)F)N(C(=O)CSC2CCCCC2)c2ccccc2N1. The molecular formula is C18H21F3N2O2S. The molecule has 1 aromatic carbocycles. The van der Waals surface area contributed by atoms with E-state index in [1.165, 1.54) is 30.3 Å². The highest BCUT2D eigenvalue weighted by atomic mass is 32.2. The zero-order valence-corrected chi connectivity index (χ0v) is 15.0. The molecule has 0 aromatic heterocycles. The minimum absolute atomic E-state index is 0.0141. The molecule has 1 saturated carbocycles. The van der Waals surface area contributed by atoms with Crippen molar-refractivity contribution in [2.24, 2.45) is 0 Å². The van der Waals surface area contributed by atoms with Gasteiger partial charge in [-0.1, -0.05) is 31.4 Å². The summed E-state index contributed by atoms with van der Waals surface area (Å²) in [6.07, 6.45) is -0.106. The summed E-state index contributed by atoms with van der Waals surface area (Å²) in [4.78, 5) is 25.5. The van der Waals surface area contributed by atoms with E-state index >= 15 is 0 Å². The third kappa shape index (κ3) is 4.34. The van der Waals surface area contributed by atoms with Gasteiger partial charge in [0.25, 0.3) is 0 Å². The highest BCUT2D eigenvalue weighted by Crippen LogP contribution is 2.38. The zero-order chi connectivity index (χ0) is 18.7. The van der Waals surface area contributed by atoms with Gasteiger partial charge in [-0.3, -0.25) is 14.5 Å². The van der Waals surface area contributed by atoms with Crippen LogP contribution in [0.25, 0.3) is 0 Å². The van der Waals surface area contributed by atoms with E-state index < -0.39 is 30.5 Å². The van der Waals surface area contributed by atoms with Gasteiger partial charge in [0.1, 0.15) is 6.04 Å². The monoisotopic (exact) mass is 386 g/mol. The van der Waals surface area contributed by atoms with Crippen LogP contribution in [0.3, 0.4) is 0 Å². The minimum atomic E-state index is -4.68. The van der Waals surface area contributed by atoms with Crippen LogP contribution >= 0.6 is 11.8 Å². The number of nitrogens with one attached hydrogen (secondary N) is 1. The summed E-state index contributed by atoms with van der Waals surface area (Å²) in [7, 11) is 0. The Bertz CT molecular complexity index is 675. The highest BCUT2D eigenvalue weighted by molar-refractivity contribution is 8.00. The van der Waals surface area contributed by atoms with Crippen LogP contribution in [0.1, 0.15) is 38.5 Å². The molecule has 1 aromatic rings. The lowest BCUT2D eigenvalue weighted by Gasteiger charge is -2.32. The van der Waals surface area contributed by atoms with E-state index in [4.69, 9.17) is 0 Å². The van der Waals surface area contributed by atoms with Crippen molar-refractivity contribution in [1.29, 1.82) is 0 Å². The number of para-hydroxylation sites is 2. The van der Waals surface area contributed by atoms with Crippen molar-refractivity contribution < 1.29 is 22.8 Å². The number of carbonyl (C=O) groups is 2. The summed E-state index contributed by atoms with van der Waals surface area (Å²) in [6.45, 7) is 0. The number of alkyl halides is 3. The van der Waals surface area contributed by atoms with Crippen molar-refractivity contribution in [2.45, 2.75) is 56.0 Å². The summed E-state index contributed by atoms with van der Waals surface area (Å²) in [6, 6.07) is 4.00. The first-order valence-electron chi connectivity index (χ1n) is 8.75. The number of carbonyl (C=O) groups excluding carboxylic acids is 2. The smallest absolute Gasteiger partial charge is 0.324 e. The number of fused-ring (bicyclic) bond motifs is 1. The van der Waals surface area contributed by atoms with E-state index in [2.05, 4.69) is 5.32 Å². The predicted octanol–water partition coefficient (Wildman–Crippen LogP) is 4.36. The van der Waals surface area contributed by atoms with Gasteiger partial charge in [0.2, 0.25) is 11.8 Å². The number of thioether (sulfide) groups is 1. The van der Waals surface area contributed by atoms with E-state index in [-0.39, 0.29) is 17.1 Å². The third-order valence-corrected chi connectivity index (χ3v) is 6.13. The molecule has 142 valence electrons. The lowest BCUT2D eigenvalue weighted by Crippen LogP contribution is -2.50. The van der Waals surface area contributed by atoms with Crippen molar-refractivity contribution in [3.8, 4) is 0 Å². The predicted molar refractivity (Wildman–Crippen MR) is 96.3 cm³/mol. The average Bonchev–Trinajstić information content (AvgIpc) is 2.76. The number of benzene rings is 1. The van der Waals surface area contributed by atoms with Crippen LogP contribution in [0.4, 0.5) is 24.5 Å². The van der Waals surface area contributed by atoms with Gasteiger partial charge in [-0.2, -0.15) is 13.2 Å². The molecule has 1 heterocycles. The molecule has 0 saturated heterocycles. The molecule has 26 heavy (non-hydrogen) atoms. The Labute approximate surface area is 154 Å². The fraction of sp³-hybridized carbons (Fsp3) is 0.556. The fourth-order valence-corrected chi connectivity index (χ4v) is 4.67. The molecule has 0 spiro atoms. The normalized spacial score (nSPS) is 21.7. The van der Waals surface area contributed by atoms with Gasteiger partial charge in [-0.25, -0.2) is 0 Å². The van der Waals surface area contributed by atoms with Gasteiger partial charge in [-0.15, -0.1) is 11.8 Å². The third-order valence-electron chi connectivity index (χ3n) is 4.77. The number of halogens is 3.